The van der Waals surface area contributed by atoms with Crippen molar-refractivity contribution in [3.63, 3.8) is 0 Å². The van der Waals surface area contributed by atoms with Crippen LogP contribution in [0, 0.1) is 17.8 Å². The minimum atomic E-state index is -0.560. The second kappa shape index (κ2) is 7.13. The molecule has 0 saturated carbocycles. The number of para-hydroxylation sites is 1. The second-order valence-electron chi connectivity index (χ2n) is 8.06. The number of carbonyl (C=O) groups excluding carboxylic acids is 3. The van der Waals surface area contributed by atoms with Crippen LogP contribution in [-0.4, -0.2) is 40.3 Å². The smallest absolute Gasteiger partial charge is 0.410 e. The lowest BCUT2D eigenvalue weighted by atomic mass is 9.70. The Labute approximate surface area is 174 Å². The number of likely N-dealkylation sites (tertiary alicyclic amines) is 1. The van der Waals surface area contributed by atoms with Gasteiger partial charge in [-0.25, -0.2) is 4.79 Å². The normalized spacial score (nSPS) is 27.9. The summed E-state index contributed by atoms with van der Waals surface area (Å²) < 4.78 is 5.50. The molecule has 0 spiro atoms. The first-order valence-corrected chi connectivity index (χ1v) is 10.2. The molecule has 2 aromatic rings. The van der Waals surface area contributed by atoms with Crippen LogP contribution < -0.4 is 4.74 Å². The van der Waals surface area contributed by atoms with E-state index in [4.69, 9.17) is 4.74 Å². The lowest BCUT2D eigenvalue weighted by molar-refractivity contribution is -0.142. The lowest BCUT2D eigenvalue weighted by Crippen LogP contribution is -2.58. The van der Waals surface area contributed by atoms with Crippen molar-refractivity contribution in [2.45, 2.75) is 19.0 Å². The molecule has 0 N–H and O–H groups in total. The van der Waals surface area contributed by atoms with Gasteiger partial charge in [0.2, 0.25) is 11.8 Å². The van der Waals surface area contributed by atoms with Gasteiger partial charge < -0.3 is 4.74 Å². The van der Waals surface area contributed by atoms with Crippen LogP contribution in [0.2, 0.25) is 0 Å². The van der Waals surface area contributed by atoms with Crippen molar-refractivity contribution in [3.05, 3.63) is 78.4 Å². The minimum Gasteiger partial charge on any atom is -0.410 e. The van der Waals surface area contributed by atoms with E-state index in [2.05, 4.69) is 0 Å². The summed E-state index contributed by atoms with van der Waals surface area (Å²) in [6.07, 6.45) is 3.36. The van der Waals surface area contributed by atoms with Crippen LogP contribution in [-0.2, 0) is 9.59 Å². The zero-order valence-electron chi connectivity index (χ0n) is 16.5. The average molecular weight is 402 g/mol. The van der Waals surface area contributed by atoms with Gasteiger partial charge >= 0.3 is 6.09 Å². The lowest BCUT2D eigenvalue weighted by Gasteiger charge is -2.45. The molecule has 0 aromatic heterocycles. The maximum atomic E-state index is 13.4. The van der Waals surface area contributed by atoms with E-state index in [1.54, 1.807) is 29.2 Å². The highest BCUT2D eigenvalue weighted by Gasteiger charge is 2.60. The van der Waals surface area contributed by atoms with Gasteiger partial charge in [0.15, 0.2) is 0 Å². The fourth-order valence-corrected chi connectivity index (χ4v) is 4.97. The number of fused-ring (bicyclic) bond motifs is 1. The number of ether oxygens (including phenoxy) is 1. The predicted molar refractivity (Wildman–Crippen MR) is 109 cm³/mol. The van der Waals surface area contributed by atoms with E-state index in [-0.39, 0.29) is 23.8 Å². The van der Waals surface area contributed by atoms with Gasteiger partial charge in [0.1, 0.15) is 5.75 Å². The fraction of sp³-hybridized carbons (Fsp3) is 0.292. The van der Waals surface area contributed by atoms with E-state index in [1.165, 1.54) is 4.90 Å². The van der Waals surface area contributed by atoms with Gasteiger partial charge in [0, 0.05) is 12.5 Å². The van der Waals surface area contributed by atoms with Crippen molar-refractivity contribution < 1.29 is 19.1 Å². The van der Waals surface area contributed by atoms with E-state index in [0.717, 1.165) is 5.56 Å². The van der Waals surface area contributed by atoms with Gasteiger partial charge in [-0.05, 0) is 24.6 Å². The summed E-state index contributed by atoms with van der Waals surface area (Å²) in [6, 6.07) is 17.6. The number of hydrogen-bond donors (Lipinski definition) is 0. The summed E-state index contributed by atoms with van der Waals surface area (Å²) in [5.74, 6) is -1.06. The second-order valence-corrected chi connectivity index (χ2v) is 8.06. The number of benzene rings is 2. The van der Waals surface area contributed by atoms with Crippen LogP contribution >= 0.6 is 0 Å². The van der Waals surface area contributed by atoms with Crippen LogP contribution in [0.15, 0.2) is 72.8 Å². The molecular formula is C24H22N2O4. The number of carbonyl (C=O) groups is 3. The number of piperidine rings is 1. The monoisotopic (exact) mass is 402 g/mol. The Hall–Kier alpha value is -3.41. The summed E-state index contributed by atoms with van der Waals surface area (Å²) in [5.41, 5.74) is 0.915. The SMILES string of the molecule is CC(c1ccccc1)N1C(=O)[C@@H]2[C@H](C1=O)[C@@H]1C=C[C@H]2N(C(=O)Oc2ccccc2)C1. The molecule has 3 heterocycles. The highest BCUT2D eigenvalue weighted by atomic mass is 16.6. The molecule has 3 aliphatic heterocycles. The predicted octanol–water partition coefficient (Wildman–Crippen LogP) is 3.42. The Morgan fingerprint density at radius 2 is 1.57 bits per heavy atom. The molecule has 5 atom stereocenters. The Morgan fingerprint density at radius 3 is 2.27 bits per heavy atom. The van der Waals surface area contributed by atoms with Crippen LogP contribution in [0.3, 0.4) is 0 Å². The van der Waals surface area contributed by atoms with Gasteiger partial charge in [-0.3, -0.25) is 19.4 Å². The summed E-state index contributed by atoms with van der Waals surface area (Å²) >= 11 is 0. The quantitative estimate of drug-likeness (QED) is 0.583. The molecule has 0 radical (unpaired) electrons. The average Bonchev–Trinajstić information content (AvgIpc) is 3.07. The Balaban J connectivity index is 1.41. The van der Waals surface area contributed by atoms with Crippen LogP contribution in [0.25, 0.3) is 0 Å². The van der Waals surface area contributed by atoms with Crippen molar-refractivity contribution in [2.75, 3.05) is 6.54 Å². The topological polar surface area (TPSA) is 66.9 Å². The first kappa shape index (κ1) is 18.6. The molecule has 152 valence electrons. The van der Waals surface area contributed by atoms with Crippen LogP contribution in [0.5, 0.6) is 5.75 Å². The van der Waals surface area contributed by atoms with E-state index in [9.17, 15) is 14.4 Å². The summed E-state index contributed by atoms with van der Waals surface area (Å²) in [6.45, 7) is 2.25. The van der Waals surface area contributed by atoms with Crippen molar-refractivity contribution in [3.8, 4) is 5.75 Å². The standard InChI is InChI=1S/C24H22N2O4/c1-15(16-8-4-2-5-9-16)26-22(27)20-17-12-13-19(21(20)23(26)28)25(14-17)24(29)30-18-10-6-3-7-11-18/h2-13,15,17,19-21H,14H2,1H3/t15?,17-,19-,20-,21+/m1/s1. The summed E-state index contributed by atoms with van der Waals surface area (Å²) in [5, 5.41) is 0. The number of hydrogen-bond acceptors (Lipinski definition) is 4. The molecule has 6 nitrogen and oxygen atoms in total. The molecule has 6 heteroatoms. The summed E-state index contributed by atoms with van der Waals surface area (Å²) in [7, 11) is 0. The molecular weight excluding hydrogens is 380 g/mol. The highest BCUT2D eigenvalue weighted by molar-refractivity contribution is 6.07. The van der Waals surface area contributed by atoms with Gasteiger partial charge in [-0.1, -0.05) is 60.7 Å². The third-order valence-electron chi connectivity index (χ3n) is 6.44. The first-order valence-electron chi connectivity index (χ1n) is 10.2. The molecule has 30 heavy (non-hydrogen) atoms. The Morgan fingerprint density at radius 1 is 0.933 bits per heavy atom. The van der Waals surface area contributed by atoms with Crippen molar-refractivity contribution in [1.29, 1.82) is 0 Å². The first-order chi connectivity index (χ1) is 14.6. The van der Waals surface area contributed by atoms with E-state index < -0.39 is 24.0 Å². The fourth-order valence-electron chi connectivity index (χ4n) is 4.97. The van der Waals surface area contributed by atoms with E-state index in [1.807, 2.05) is 55.5 Å². The van der Waals surface area contributed by atoms with Crippen molar-refractivity contribution in [1.82, 2.24) is 9.80 Å². The van der Waals surface area contributed by atoms with Crippen LogP contribution in [0.4, 0.5) is 4.79 Å². The van der Waals surface area contributed by atoms with E-state index >= 15 is 0 Å². The van der Waals surface area contributed by atoms with E-state index in [0.29, 0.717) is 12.3 Å². The Kier molecular flexibility index (Phi) is 4.42. The highest BCUT2D eigenvalue weighted by Crippen LogP contribution is 2.47. The van der Waals surface area contributed by atoms with Crippen molar-refractivity contribution >= 4 is 17.9 Å². The Bertz CT molecular complexity index is 1020. The third kappa shape index (κ3) is 2.83. The number of nitrogens with zero attached hydrogens (tertiary/aromatic N) is 2. The third-order valence-corrected chi connectivity index (χ3v) is 6.44. The van der Waals surface area contributed by atoms with Crippen molar-refractivity contribution in [2.24, 2.45) is 17.8 Å². The molecule has 4 aliphatic rings. The molecule has 2 saturated heterocycles. The largest absolute Gasteiger partial charge is 0.415 e. The zero-order valence-corrected chi connectivity index (χ0v) is 16.5. The van der Waals surface area contributed by atoms with Gasteiger partial charge in [-0.2, -0.15) is 0 Å². The molecule has 6 rings (SSSR count). The maximum Gasteiger partial charge on any atom is 0.415 e. The molecule has 1 unspecified atom stereocenters. The summed E-state index contributed by atoms with van der Waals surface area (Å²) in [4.78, 5) is 42.4. The number of rotatable bonds is 3. The molecule has 2 aromatic carbocycles. The molecule has 1 aliphatic carbocycles. The van der Waals surface area contributed by atoms with Crippen LogP contribution in [0.1, 0.15) is 18.5 Å². The molecule has 2 bridgehead atoms. The number of amides is 3. The van der Waals surface area contributed by atoms with Gasteiger partial charge in [0.25, 0.3) is 0 Å². The molecule has 3 amide bonds. The van der Waals surface area contributed by atoms with Gasteiger partial charge in [0.05, 0.1) is 23.9 Å². The molecule has 2 fully saturated rings. The number of imide groups is 1. The minimum absolute atomic E-state index is 0.142. The maximum absolute atomic E-state index is 13.4. The van der Waals surface area contributed by atoms with Gasteiger partial charge in [-0.15, -0.1) is 0 Å². The zero-order chi connectivity index (χ0) is 20.8.